The lowest BCUT2D eigenvalue weighted by atomic mass is 10.1. The van der Waals surface area contributed by atoms with Crippen LogP contribution < -0.4 is 4.74 Å². The van der Waals surface area contributed by atoms with Crippen LogP contribution in [0.3, 0.4) is 0 Å². The second-order valence-corrected chi connectivity index (χ2v) is 7.68. The fourth-order valence-corrected chi connectivity index (χ4v) is 4.68. The third kappa shape index (κ3) is 2.84. The zero-order valence-electron chi connectivity index (χ0n) is 15.2. The van der Waals surface area contributed by atoms with Gasteiger partial charge in [-0.05, 0) is 31.5 Å². The fourth-order valence-electron chi connectivity index (χ4n) is 3.54. The number of ether oxygens (including phenoxy) is 1. The molecule has 0 spiro atoms. The summed E-state index contributed by atoms with van der Waals surface area (Å²) in [5, 5.41) is 1.14. The SMILES string of the molecule is CC(=O)n1c2c(c3ccccc31)SCC=C2COc1ccc(C)cc1C. The van der Waals surface area contributed by atoms with Crippen molar-refractivity contribution >= 4 is 34.1 Å². The Morgan fingerprint density at radius 2 is 2.00 bits per heavy atom. The third-order valence-electron chi connectivity index (χ3n) is 4.72. The minimum absolute atomic E-state index is 0.0300. The summed E-state index contributed by atoms with van der Waals surface area (Å²) >= 11 is 1.78. The van der Waals surface area contributed by atoms with Crippen molar-refractivity contribution in [1.29, 1.82) is 0 Å². The Balaban J connectivity index is 1.74. The van der Waals surface area contributed by atoms with Crippen molar-refractivity contribution in [2.45, 2.75) is 25.7 Å². The lowest BCUT2D eigenvalue weighted by Crippen LogP contribution is -2.14. The van der Waals surface area contributed by atoms with Crippen molar-refractivity contribution in [1.82, 2.24) is 4.57 Å². The molecule has 0 saturated carbocycles. The van der Waals surface area contributed by atoms with E-state index >= 15 is 0 Å². The summed E-state index contributed by atoms with van der Waals surface area (Å²) in [5.74, 6) is 1.81. The molecule has 0 fully saturated rings. The Kier molecular flexibility index (Phi) is 4.37. The predicted molar refractivity (Wildman–Crippen MR) is 108 cm³/mol. The molecule has 0 radical (unpaired) electrons. The van der Waals surface area contributed by atoms with Crippen LogP contribution in [0.15, 0.2) is 53.4 Å². The molecule has 1 aliphatic rings. The van der Waals surface area contributed by atoms with Crippen LogP contribution >= 0.6 is 11.8 Å². The normalized spacial score (nSPS) is 13.4. The molecule has 2 aromatic carbocycles. The average Bonchev–Trinajstić information content (AvgIpc) is 2.96. The van der Waals surface area contributed by atoms with Crippen LogP contribution in [0.2, 0.25) is 0 Å². The third-order valence-corrected chi connectivity index (χ3v) is 5.75. The van der Waals surface area contributed by atoms with Crippen LogP contribution in [0.1, 0.15) is 28.5 Å². The van der Waals surface area contributed by atoms with Crippen LogP contribution in [-0.4, -0.2) is 22.8 Å². The molecule has 0 aliphatic carbocycles. The first kappa shape index (κ1) is 17.0. The highest BCUT2D eigenvalue weighted by atomic mass is 32.2. The number of aromatic nitrogens is 1. The van der Waals surface area contributed by atoms with Gasteiger partial charge in [-0.2, -0.15) is 0 Å². The number of hydrogen-bond acceptors (Lipinski definition) is 3. The van der Waals surface area contributed by atoms with Crippen LogP contribution in [0, 0.1) is 13.8 Å². The second kappa shape index (κ2) is 6.69. The number of rotatable bonds is 3. The summed E-state index contributed by atoms with van der Waals surface area (Å²) in [6.45, 7) is 6.22. The predicted octanol–water partition coefficient (Wildman–Crippen LogP) is 5.49. The number of fused-ring (bicyclic) bond motifs is 3. The lowest BCUT2D eigenvalue weighted by Gasteiger charge is -2.18. The lowest BCUT2D eigenvalue weighted by molar-refractivity contribution is 0.0940. The van der Waals surface area contributed by atoms with E-state index in [1.807, 2.05) is 28.8 Å². The first-order valence-corrected chi connectivity index (χ1v) is 9.71. The summed E-state index contributed by atoms with van der Waals surface area (Å²) in [6.07, 6.45) is 2.18. The molecule has 4 rings (SSSR count). The van der Waals surface area contributed by atoms with Crippen LogP contribution in [0.4, 0.5) is 0 Å². The largest absolute Gasteiger partial charge is 0.489 e. The monoisotopic (exact) mass is 363 g/mol. The molecule has 26 heavy (non-hydrogen) atoms. The summed E-state index contributed by atoms with van der Waals surface area (Å²) < 4.78 is 7.94. The number of nitrogens with zero attached hydrogens (tertiary/aromatic N) is 1. The number of thioether (sulfide) groups is 1. The molecule has 0 N–H and O–H groups in total. The molecule has 0 atom stereocenters. The van der Waals surface area contributed by atoms with Gasteiger partial charge in [0.05, 0.1) is 11.2 Å². The quantitative estimate of drug-likeness (QED) is 0.617. The maximum atomic E-state index is 12.4. The van der Waals surface area contributed by atoms with E-state index < -0.39 is 0 Å². The van der Waals surface area contributed by atoms with Crippen molar-refractivity contribution in [3.8, 4) is 5.75 Å². The van der Waals surface area contributed by atoms with Gasteiger partial charge < -0.3 is 4.74 Å². The first-order chi connectivity index (χ1) is 12.6. The van der Waals surface area contributed by atoms with E-state index in [1.165, 1.54) is 10.5 Å². The summed E-state index contributed by atoms with van der Waals surface area (Å²) in [7, 11) is 0. The average molecular weight is 363 g/mol. The number of carbonyl (C=O) groups is 1. The van der Waals surface area contributed by atoms with Gasteiger partial charge in [-0.3, -0.25) is 9.36 Å². The van der Waals surface area contributed by atoms with E-state index in [0.717, 1.165) is 39.2 Å². The van der Waals surface area contributed by atoms with Crippen LogP contribution in [-0.2, 0) is 0 Å². The highest BCUT2D eigenvalue weighted by Crippen LogP contribution is 2.41. The second-order valence-electron chi connectivity index (χ2n) is 6.65. The van der Waals surface area contributed by atoms with Gasteiger partial charge in [0.15, 0.2) is 0 Å². The van der Waals surface area contributed by atoms with Gasteiger partial charge in [-0.15, -0.1) is 11.8 Å². The van der Waals surface area contributed by atoms with E-state index in [4.69, 9.17) is 4.74 Å². The minimum Gasteiger partial charge on any atom is -0.489 e. The van der Waals surface area contributed by atoms with E-state index in [0.29, 0.717) is 6.61 Å². The van der Waals surface area contributed by atoms with E-state index in [9.17, 15) is 4.79 Å². The molecule has 0 amide bonds. The van der Waals surface area contributed by atoms with Crippen molar-refractivity contribution in [2.75, 3.05) is 12.4 Å². The van der Waals surface area contributed by atoms with Crippen LogP contribution in [0.5, 0.6) is 5.75 Å². The van der Waals surface area contributed by atoms with Crippen molar-refractivity contribution in [3.63, 3.8) is 0 Å². The van der Waals surface area contributed by atoms with Crippen molar-refractivity contribution in [2.24, 2.45) is 0 Å². The Bertz CT molecular complexity index is 1050. The van der Waals surface area contributed by atoms with Crippen LogP contribution in [0.25, 0.3) is 16.5 Å². The highest BCUT2D eigenvalue weighted by molar-refractivity contribution is 7.99. The molecule has 4 heteroatoms. The van der Waals surface area contributed by atoms with Gasteiger partial charge in [0.2, 0.25) is 5.91 Å². The molecule has 1 aliphatic heterocycles. The molecule has 0 bridgehead atoms. The number of aryl methyl sites for hydroxylation is 2. The number of benzene rings is 2. The van der Waals surface area contributed by atoms with Crippen molar-refractivity contribution in [3.05, 3.63) is 65.4 Å². The first-order valence-electron chi connectivity index (χ1n) is 8.73. The summed E-state index contributed by atoms with van der Waals surface area (Å²) in [6, 6.07) is 14.3. The number of carbonyl (C=O) groups excluding carboxylic acids is 1. The molecule has 3 aromatic rings. The smallest absolute Gasteiger partial charge is 0.228 e. The molecule has 132 valence electrons. The van der Waals surface area contributed by atoms with Gasteiger partial charge in [0, 0.05) is 28.5 Å². The molecule has 0 unspecified atom stereocenters. The van der Waals surface area contributed by atoms with Crippen molar-refractivity contribution < 1.29 is 9.53 Å². The maximum absolute atomic E-state index is 12.4. The molecular formula is C22H21NO2S. The van der Waals surface area contributed by atoms with Gasteiger partial charge in [-0.25, -0.2) is 0 Å². The minimum atomic E-state index is 0.0300. The van der Waals surface area contributed by atoms with E-state index in [2.05, 4.69) is 38.1 Å². The summed E-state index contributed by atoms with van der Waals surface area (Å²) in [5.41, 5.74) is 5.38. The maximum Gasteiger partial charge on any atom is 0.228 e. The Morgan fingerprint density at radius 3 is 2.77 bits per heavy atom. The molecule has 2 heterocycles. The van der Waals surface area contributed by atoms with E-state index in [-0.39, 0.29) is 5.91 Å². The van der Waals surface area contributed by atoms with E-state index in [1.54, 1.807) is 18.7 Å². The van der Waals surface area contributed by atoms with Gasteiger partial charge >= 0.3 is 0 Å². The molecule has 1 aromatic heterocycles. The summed E-state index contributed by atoms with van der Waals surface area (Å²) in [4.78, 5) is 13.6. The fraction of sp³-hybridized carbons (Fsp3) is 0.227. The Labute approximate surface area is 157 Å². The molecular weight excluding hydrogens is 342 g/mol. The topological polar surface area (TPSA) is 31.2 Å². The standard InChI is InChI=1S/C22H21NO2S/c1-14-8-9-20(15(2)12-14)25-13-17-10-11-26-22-18-6-4-5-7-19(18)23(16(3)24)21(17)22/h4-10,12H,11,13H2,1-3H3. The zero-order chi connectivity index (χ0) is 18.3. The highest BCUT2D eigenvalue weighted by Gasteiger charge is 2.25. The Morgan fingerprint density at radius 1 is 1.19 bits per heavy atom. The zero-order valence-corrected chi connectivity index (χ0v) is 16.0. The Hall–Kier alpha value is -2.46. The van der Waals surface area contributed by atoms with Gasteiger partial charge in [0.25, 0.3) is 0 Å². The number of para-hydroxylation sites is 1. The van der Waals surface area contributed by atoms with Gasteiger partial charge in [0.1, 0.15) is 12.4 Å². The molecule has 0 saturated heterocycles. The number of hydrogen-bond donors (Lipinski definition) is 0. The van der Waals surface area contributed by atoms with Gasteiger partial charge in [-0.1, -0.05) is 42.0 Å². The molecule has 3 nitrogen and oxygen atoms in total.